The highest BCUT2D eigenvalue weighted by molar-refractivity contribution is 5.84. The summed E-state index contributed by atoms with van der Waals surface area (Å²) in [6, 6.07) is 0. The zero-order chi connectivity index (χ0) is 30.4. The van der Waals surface area contributed by atoms with Gasteiger partial charge in [0.15, 0.2) is 0 Å². The fourth-order valence-corrected chi connectivity index (χ4v) is 6.29. The maximum Gasteiger partial charge on any atom is 0.321 e. The second-order valence-electron chi connectivity index (χ2n) is 13.1. The number of quaternary nitrogens is 1. The van der Waals surface area contributed by atoms with Gasteiger partial charge in [-0.3, -0.25) is 0 Å². The number of hydrogen-bond donors (Lipinski definition) is 1. The van der Waals surface area contributed by atoms with Gasteiger partial charge >= 0.3 is 11.8 Å². The molecule has 244 valence electrons. The Hall–Kier alpha value is -0.740. The number of imide groups is 1. The van der Waals surface area contributed by atoms with E-state index in [-0.39, 0.29) is 22.8 Å². The monoisotopic (exact) mass is 581 g/mol. The van der Waals surface area contributed by atoms with Crippen molar-refractivity contribution in [3.8, 4) is 0 Å². The third-order valence-electron chi connectivity index (χ3n) is 9.06. The number of nitrogens with zero attached hydrogens (tertiary/aromatic N) is 1. The van der Waals surface area contributed by atoms with Crippen LogP contribution in [-0.4, -0.2) is 40.6 Å². The Morgan fingerprint density at radius 3 is 0.927 bits per heavy atom. The van der Waals surface area contributed by atoms with Gasteiger partial charge < -0.3 is 5.11 Å². The lowest BCUT2D eigenvalue weighted by Crippen LogP contribution is -2.59. The number of amides is 2. The van der Waals surface area contributed by atoms with E-state index >= 15 is 0 Å². The Balaban J connectivity index is 4.12. The lowest BCUT2D eigenvalue weighted by molar-refractivity contribution is -0.781. The van der Waals surface area contributed by atoms with Gasteiger partial charge in [0.25, 0.3) is 0 Å². The lowest BCUT2D eigenvalue weighted by Gasteiger charge is -2.33. The van der Waals surface area contributed by atoms with Gasteiger partial charge in [-0.15, -0.1) is 0 Å². The topological polar surface area (TPSA) is 54.4 Å². The van der Waals surface area contributed by atoms with Crippen LogP contribution in [0.25, 0.3) is 0 Å². The first-order chi connectivity index (χ1) is 19.9. The molecule has 0 rings (SSSR count). The van der Waals surface area contributed by atoms with Crippen molar-refractivity contribution in [3.05, 3.63) is 0 Å². The summed E-state index contributed by atoms with van der Waals surface area (Å²) in [7, 11) is 0. The molecule has 1 unspecified atom stereocenters. The van der Waals surface area contributed by atoms with Gasteiger partial charge in [0.1, 0.15) is 12.6 Å². The van der Waals surface area contributed by atoms with E-state index in [2.05, 4.69) is 13.8 Å². The number of likely N-dealkylation sites (N-methyl/N-ethyl adjacent to an activating group) is 1. The summed E-state index contributed by atoms with van der Waals surface area (Å²) in [4.78, 5) is 26.7. The molecule has 4 heteroatoms. The Morgan fingerprint density at radius 2 is 0.707 bits per heavy atom. The summed E-state index contributed by atoms with van der Waals surface area (Å²) < 4.78 is -0.159. The number of carbonyl (C=O) groups excluding carboxylic acids is 2. The van der Waals surface area contributed by atoms with Crippen LogP contribution in [-0.2, 0) is 9.59 Å². The first-order valence-corrected chi connectivity index (χ1v) is 18.6. The van der Waals surface area contributed by atoms with E-state index in [1.54, 1.807) is 6.92 Å². The SMILES string of the molecule is CCCCCCCCCCCCCCCC(=O)[N+](CC)(CC(C)O)C(=O)CCCCCCCCCCCCCCC. The fraction of sp³-hybridized carbons (Fsp3) is 0.946. The first kappa shape index (κ1) is 40.3. The average Bonchev–Trinajstić information content (AvgIpc) is 2.96. The van der Waals surface area contributed by atoms with Crippen LogP contribution < -0.4 is 0 Å². The van der Waals surface area contributed by atoms with Crippen molar-refractivity contribution in [3.63, 3.8) is 0 Å². The molecule has 0 aromatic rings. The smallest absolute Gasteiger partial charge is 0.321 e. The molecule has 0 aromatic heterocycles. The van der Waals surface area contributed by atoms with Crippen LogP contribution in [0.3, 0.4) is 0 Å². The van der Waals surface area contributed by atoms with Crippen LogP contribution in [0.2, 0.25) is 0 Å². The zero-order valence-electron chi connectivity index (χ0n) is 28.5. The molecule has 0 aliphatic heterocycles. The summed E-state index contributed by atoms with van der Waals surface area (Å²) in [5, 5.41) is 10.2. The van der Waals surface area contributed by atoms with Crippen LogP contribution in [0.1, 0.15) is 207 Å². The molecule has 0 radical (unpaired) electrons. The molecular weight excluding hydrogens is 506 g/mol. The first-order valence-electron chi connectivity index (χ1n) is 18.6. The van der Waals surface area contributed by atoms with Gasteiger partial charge in [0.2, 0.25) is 0 Å². The maximum atomic E-state index is 13.3. The van der Waals surface area contributed by atoms with Gasteiger partial charge in [0.05, 0.1) is 19.4 Å². The molecule has 0 aliphatic rings. The van der Waals surface area contributed by atoms with Crippen LogP contribution in [0.5, 0.6) is 0 Å². The van der Waals surface area contributed by atoms with Crippen LogP contribution in [0.4, 0.5) is 0 Å². The second kappa shape index (κ2) is 29.3. The summed E-state index contributed by atoms with van der Waals surface area (Å²) >= 11 is 0. The van der Waals surface area contributed by atoms with Crippen molar-refractivity contribution in [1.82, 2.24) is 0 Å². The molecule has 1 atom stereocenters. The molecule has 0 saturated heterocycles. The minimum Gasteiger partial charge on any atom is -0.388 e. The van der Waals surface area contributed by atoms with Crippen molar-refractivity contribution >= 4 is 11.8 Å². The van der Waals surface area contributed by atoms with Gasteiger partial charge in [-0.2, -0.15) is 4.48 Å². The maximum absolute atomic E-state index is 13.3. The van der Waals surface area contributed by atoms with E-state index in [1.165, 1.54) is 141 Å². The highest BCUT2D eigenvalue weighted by Gasteiger charge is 2.42. The Labute approximate surface area is 257 Å². The minimum absolute atomic E-state index is 0.0242. The molecular formula is C37H74NO3+. The van der Waals surface area contributed by atoms with Crippen molar-refractivity contribution in [2.75, 3.05) is 13.1 Å². The van der Waals surface area contributed by atoms with Crippen LogP contribution >= 0.6 is 0 Å². The highest BCUT2D eigenvalue weighted by Crippen LogP contribution is 2.20. The zero-order valence-corrected chi connectivity index (χ0v) is 28.5. The van der Waals surface area contributed by atoms with Crippen LogP contribution in [0.15, 0.2) is 0 Å². The van der Waals surface area contributed by atoms with Gasteiger partial charge in [-0.05, 0) is 26.7 Å². The molecule has 0 spiro atoms. The van der Waals surface area contributed by atoms with Gasteiger partial charge in [-0.1, -0.05) is 168 Å². The Morgan fingerprint density at radius 1 is 0.463 bits per heavy atom. The molecule has 1 N–H and O–H groups in total. The quantitative estimate of drug-likeness (QED) is 0.0655. The molecule has 0 aromatic carbocycles. The number of unbranched alkanes of at least 4 members (excludes halogenated alkanes) is 24. The van der Waals surface area contributed by atoms with Gasteiger partial charge in [0, 0.05) is 0 Å². The third-order valence-corrected chi connectivity index (χ3v) is 9.06. The number of aliphatic hydroxyl groups is 1. The molecule has 0 bridgehead atoms. The molecule has 41 heavy (non-hydrogen) atoms. The largest absolute Gasteiger partial charge is 0.388 e. The van der Waals surface area contributed by atoms with Crippen molar-refractivity contribution < 1.29 is 19.2 Å². The van der Waals surface area contributed by atoms with Crippen molar-refractivity contribution in [1.29, 1.82) is 0 Å². The molecule has 0 fully saturated rings. The molecule has 4 nitrogen and oxygen atoms in total. The lowest BCUT2D eigenvalue weighted by atomic mass is 10.0. The summed E-state index contributed by atoms with van der Waals surface area (Å²) in [5.74, 6) is 0.0485. The van der Waals surface area contributed by atoms with E-state index in [1.807, 2.05) is 6.92 Å². The third kappa shape index (κ3) is 22.5. The van der Waals surface area contributed by atoms with Crippen molar-refractivity contribution in [2.24, 2.45) is 0 Å². The Bertz CT molecular complexity index is 547. The van der Waals surface area contributed by atoms with E-state index in [0.717, 1.165) is 25.7 Å². The summed E-state index contributed by atoms with van der Waals surface area (Å²) in [5.41, 5.74) is 0. The second-order valence-corrected chi connectivity index (χ2v) is 13.1. The minimum atomic E-state index is -0.652. The molecule has 2 amide bonds. The summed E-state index contributed by atoms with van der Waals surface area (Å²) in [6.07, 6.45) is 33.5. The molecule has 0 saturated carbocycles. The van der Waals surface area contributed by atoms with Gasteiger partial charge in [-0.25, -0.2) is 9.59 Å². The Kier molecular flexibility index (Phi) is 28.8. The normalized spacial score (nSPS) is 12.6. The number of rotatable bonds is 31. The predicted octanol–water partition coefficient (Wildman–Crippen LogP) is 11.2. The van der Waals surface area contributed by atoms with E-state index in [4.69, 9.17) is 0 Å². The highest BCUT2D eigenvalue weighted by atomic mass is 16.3. The predicted molar refractivity (Wildman–Crippen MR) is 178 cm³/mol. The molecule has 0 heterocycles. The average molecular weight is 581 g/mol. The van der Waals surface area contributed by atoms with Crippen LogP contribution in [0, 0.1) is 0 Å². The summed E-state index contributed by atoms with van der Waals surface area (Å²) in [6.45, 7) is 8.87. The standard InChI is InChI=1S/C37H74NO3/c1-5-8-10-12-14-16-18-20-22-24-26-28-30-32-36(40)38(7-3,34-35(4)39)37(41)33-31-29-27-25-23-21-19-17-15-13-11-9-6-2/h35,39H,5-34H2,1-4H3/q+1. The number of hydrogen-bond acceptors (Lipinski definition) is 3. The molecule has 0 aliphatic carbocycles. The van der Waals surface area contributed by atoms with E-state index < -0.39 is 6.10 Å². The van der Waals surface area contributed by atoms with E-state index in [9.17, 15) is 14.7 Å². The number of aliphatic hydroxyl groups excluding tert-OH is 1. The van der Waals surface area contributed by atoms with Crippen molar-refractivity contribution in [2.45, 2.75) is 214 Å². The fourth-order valence-electron chi connectivity index (χ4n) is 6.29. The van der Waals surface area contributed by atoms with E-state index in [0.29, 0.717) is 19.4 Å². The number of carbonyl (C=O) groups is 2.